The summed E-state index contributed by atoms with van der Waals surface area (Å²) in [6.45, 7) is 0. The van der Waals surface area contributed by atoms with Crippen molar-refractivity contribution < 1.29 is 0 Å². The van der Waals surface area contributed by atoms with Crippen molar-refractivity contribution in [3.8, 4) is 0 Å². The van der Waals surface area contributed by atoms with Gasteiger partial charge in [0, 0.05) is 0 Å². The standard InChI is InChI=1S/C11H14N4/c12-11-10-6-8-4-2-1-3-5-9(8)14-15(10)7-13-11/h6-7H,1-5,12H2. The molecule has 0 radical (unpaired) electrons. The zero-order valence-electron chi connectivity index (χ0n) is 8.61. The molecule has 0 bridgehead atoms. The summed E-state index contributed by atoms with van der Waals surface area (Å²) >= 11 is 0. The zero-order chi connectivity index (χ0) is 10.3. The third-order valence-corrected chi connectivity index (χ3v) is 3.09. The van der Waals surface area contributed by atoms with Gasteiger partial charge in [0.05, 0.1) is 5.69 Å². The summed E-state index contributed by atoms with van der Waals surface area (Å²) < 4.78 is 1.79. The smallest absolute Gasteiger partial charge is 0.151 e. The van der Waals surface area contributed by atoms with Crippen molar-refractivity contribution in [3.63, 3.8) is 0 Å². The van der Waals surface area contributed by atoms with Gasteiger partial charge in [-0.3, -0.25) is 0 Å². The molecule has 0 unspecified atom stereocenters. The van der Waals surface area contributed by atoms with E-state index in [1.54, 1.807) is 10.8 Å². The minimum absolute atomic E-state index is 0.578. The van der Waals surface area contributed by atoms with Crippen LogP contribution in [-0.2, 0) is 12.8 Å². The molecule has 2 heterocycles. The van der Waals surface area contributed by atoms with E-state index in [0.29, 0.717) is 5.82 Å². The summed E-state index contributed by atoms with van der Waals surface area (Å²) in [4.78, 5) is 4.07. The largest absolute Gasteiger partial charge is 0.382 e. The lowest BCUT2D eigenvalue weighted by Crippen LogP contribution is -2.01. The van der Waals surface area contributed by atoms with Crippen molar-refractivity contribution in [2.75, 3.05) is 5.73 Å². The van der Waals surface area contributed by atoms with E-state index in [1.165, 1.54) is 30.5 Å². The Morgan fingerprint density at radius 3 is 3.00 bits per heavy atom. The molecule has 2 N–H and O–H groups in total. The van der Waals surface area contributed by atoms with E-state index in [0.717, 1.165) is 18.4 Å². The normalized spacial score (nSPS) is 16.3. The number of hydrogen-bond acceptors (Lipinski definition) is 3. The Morgan fingerprint density at radius 2 is 2.07 bits per heavy atom. The van der Waals surface area contributed by atoms with Crippen molar-refractivity contribution in [1.82, 2.24) is 14.6 Å². The summed E-state index contributed by atoms with van der Waals surface area (Å²) in [7, 11) is 0. The number of nitrogen functional groups attached to an aromatic ring is 1. The van der Waals surface area contributed by atoms with E-state index in [1.807, 2.05) is 0 Å². The molecule has 0 aliphatic heterocycles. The molecule has 3 rings (SSSR count). The molecule has 0 saturated carbocycles. The van der Waals surface area contributed by atoms with E-state index in [-0.39, 0.29) is 0 Å². The third-order valence-electron chi connectivity index (χ3n) is 3.09. The maximum atomic E-state index is 5.78. The minimum Gasteiger partial charge on any atom is -0.382 e. The van der Waals surface area contributed by atoms with Gasteiger partial charge in [0.1, 0.15) is 11.8 Å². The quantitative estimate of drug-likeness (QED) is 0.660. The van der Waals surface area contributed by atoms with Gasteiger partial charge in [-0.05, 0) is 37.3 Å². The van der Waals surface area contributed by atoms with Gasteiger partial charge in [0.2, 0.25) is 0 Å². The third kappa shape index (κ3) is 1.37. The summed E-state index contributed by atoms with van der Waals surface area (Å²) in [5.74, 6) is 0.578. The van der Waals surface area contributed by atoms with E-state index in [2.05, 4.69) is 16.1 Å². The second kappa shape index (κ2) is 3.22. The molecule has 15 heavy (non-hydrogen) atoms. The molecule has 4 heteroatoms. The number of anilines is 1. The van der Waals surface area contributed by atoms with Gasteiger partial charge >= 0.3 is 0 Å². The SMILES string of the molecule is Nc1ncn2nc3c(cc12)CCCCC3. The number of rotatable bonds is 0. The predicted molar refractivity (Wildman–Crippen MR) is 58.7 cm³/mol. The second-order valence-electron chi connectivity index (χ2n) is 4.14. The van der Waals surface area contributed by atoms with Crippen LogP contribution in [-0.4, -0.2) is 14.6 Å². The zero-order valence-corrected chi connectivity index (χ0v) is 8.61. The first-order valence-corrected chi connectivity index (χ1v) is 5.46. The molecule has 2 aromatic rings. The van der Waals surface area contributed by atoms with Crippen LogP contribution >= 0.6 is 0 Å². The number of aromatic nitrogens is 3. The monoisotopic (exact) mass is 202 g/mol. The van der Waals surface area contributed by atoms with Gasteiger partial charge < -0.3 is 5.73 Å². The fourth-order valence-corrected chi connectivity index (χ4v) is 2.24. The van der Waals surface area contributed by atoms with Gasteiger partial charge in [-0.25, -0.2) is 9.50 Å². The minimum atomic E-state index is 0.578. The Morgan fingerprint density at radius 1 is 1.20 bits per heavy atom. The van der Waals surface area contributed by atoms with Gasteiger partial charge in [-0.15, -0.1) is 0 Å². The Bertz CT molecular complexity index is 501. The number of nitrogens with zero attached hydrogens (tertiary/aromatic N) is 3. The number of imidazole rings is 1. The molecular formula is C11H14N4. The number of aryl methyl sites for hydroxylation is 2. The molecule has 0 amide bonds. The van der Waals surface area contributed by atoms with E-state index < -0.39 is 0 Å². The van der Waals surface area contributed by atoms with Crippen LogP contribution in [0.5, 0.6) is 0 Å². The highest BCUT2D eigenvalue weighted by molar-refractivity contribution is 5.66. The molecule has 2 aromatic heterocycles. The van der Waals surface area contributed by atoms with Crippen molar-refractivity contribution in [2.45, 2.75) is 32.1 Å². The lowest BCUT2D eigenvalue weighted by Gasteiger charge is -2.05. The van der Waals surface area contributed by atoms with Crippen molar-refractivity contribution in [2.24, 2.45) is 0 Å². The molecule has 1 aliphatic rings. The van der Waals surface area contributed by atoms with Gasteiger partial charge in [-0.2, -0.15) is 5.10 Å². The first-order chi connectivity index (χ1) is 7.34. The fraction of sp³-hybridized carbons (Fsp3) is 0.455. The lowest BCUT2D eigenvalue weighted by atomic mass is 10.1. The van der Waals surface area contributed by atoms with E-state index in [4.69, 9.17) is 5.73 Å². The first-order valence-electron chi connectivity index (χ1n) is 5.46. The van der Waals surface area contributed by atoms with Crippen LogP contribution in [0.1, 0.15) is 30.5 Å². The van der Waals surface area contributed by atoms with Crippen LogP contribution in [0.15, 0.2) is 12.4 Å². The van der Waals surface area contributed by atoms with Gasteiger partial charge in [0.15, 0.2) is 5.82 Å². The average molecular weight is 202 g/mol. The highest BCUT2D eigenvalue weighted by atomic mass is 15.3. The molecule has 78 valence electrons. The Labute approximate surface area is 88.1 Å². The molecule has 0 fully saturated rings. The van der Waals surface area contributed by atoms with Crippen LogP contribution in [0.25, 0.3) is 5.52 Å². The van der Waals surface area contributed by atoms with Crippen LogP contribution in [0, 0.1) is 0 Å². The predicted octanol–water partition coefficient (Wildman–Crippen LogP) is 1.58. The second-order valence-corrected chi connectivity index (χ2v) is 4.14. The van der Waals surface area contributed by atoms with Crippen LogP contribution in [0.4, 0.5) is 5.82 Å². The van der Waals surface area contributed by atoms with Crippen LogP contribution in [0.2, 0.25) is 0 Å². The van der Waals surface area contributed by atoms with Gasteiger partial charge in [0.25, 0.3) is 0 Å². The maximum absolute atomic E-state index is 5.78. The van der Waals surface area contributed by atoms with Crippen molar-refractivity contribution in [1.29, 1.82) is 0 Å². The summed E-state index contributed by atoms with van der Waals surface area (Å²) in [5, 5.41) is 4.57. The van der Waals surface area contributed by atoms with E-state index in [9.17, 15) is 0 Å². The topological polar surface area (TPSA) is 56.2 Å². The average Bonchev–Trinajstić information content (AvgIpc) is 2.49. The Balaban J connectivity index is 2.22. The van der Waals surface area contributed by atoms with Crippen LogP contribution < -0.4 is 5.73 Å². The summed E-state index contributed by atoms with van der Waals surface area (Å²) in [5.41, 5.74) is 9.29. The number of fused-ring (bicyclic) bond motifs is 2. The van der Waals surface area contributed by atoms with Crippen molar-refractivity contribution >= 4 is 11.3 Å². The first kappa shape index (κ1) is 8.71. The van der Waals surface area contributed by atoms with E-state index >= 15 is 0 Å². The molecule has 0 atom stereocenters. The molecule has 0 spiro atoms. The molecule has 0 aromatic carbocycles. The molecule has 0 saturated heterocycles. The van der Waals surface area contributed by atoms with Crippen LogP contribution in [0.3, 0.4) is 0 Å². The molecule has 4 nitrogen and oxygen atoms in total. The molecule has 1 aliphatic carbocycles. The van der Waals surface area contributed by atoms with Crippen molar-refractivity contribution in [3.05, 3.63) is 23.7 Å². The number of hydrogen-bond donors (Lipinski definition) is 1. The highest BCUT2D eigenvalue weighted by Crippen LogP contribution is 2.21. The fourth-order valence-electron chi connectivity index (χ4n) is 2.24. The summed E-state index contributed by atoms with van der Waals surface area (Å²) in [6.07, 6.45) is 7.72. The number of nitrogens with two attached hydrogens (primary N) is 1. The maximum Gasteiger partial charge on any atom is 0.151 e. The highest BCUT2D eigenvalue weighted by Gasteiger charge is 2.12. The Hall–Kier alpha value is -1.58. The lowest BCUT2D eigenvalue weighted by molar-refractivity contribution is 0.704. The molecular weight excluding hydrogens is 188 g/mol. The van der Waals surface area contributed by atoms with Gasteiger partial charge in [-0.1, -0.05) is 6.42 Å². The Kier molecular flexibility index (Phi) is 1.87. The summed E-state index contributed by atoms with van der Waals surface area (Å²) in [6, 6.07) is 2.15.